The summed E-state index contributed by atoms with van der Waals surface area (Å²) in [6.07, 6.45) is -0.652. The fourth-order valence-corrected chi connectivity index (χ4v) is 1.20. The van der Waals surface area contributed by atoms with Crippen LogP contribution in [0.5, 0.6) is 0 Å². The molecule has 1 aliphatic rings. The minimum atomic E-state index is -0.652. The van der Waals surface area contributed by atoms with Gasteiger partial charge in [0.1, 0.15) is 0 Å². The van der Waals surface area contributed by atoms with E-state index in [4.69, 9.17) is 10.5 Å². The maximum atomic E-state index is 11.2. The summed E-state index contributed by atoms with van der Waals surface area (Å²) >= 11 is 0. The Labute approximate surface area is 103 Å². The molecule has 0 bridgehead atoms. The number of aliphatic imine (C=N–C) groups is 1. The molecule has 1 unspecified atom stereocenters. The average molecular weight is 200 g/mol. The molecule has 1 atom stereocenters. The molecule has 0 radical (unpaired) electrons. The second-order valence-corrected chi connectivity index (χ2v) is 2.70. The number of rotatable bonds is 1. The molecule has 0 aliphatic carbocycles. The number of nitrogens with zero attached hydrogens (tertiary/aromatic N) is 1. The number of amidine groups is 1. The molecule has 1 aliphatic heterocycles. The Hall–Kier alpha value is -0.840. The van der Waals surface area contributed by atoms with E-state index < -0.39 is 6.10 Å². The van der Waals surface area contributed by atoms with Crippen molar-refractivity contribution in [2.75, 3.05) is 0 Å². The third-order valence-corrected chi connectivity index (χ3v) is 1.79. The molecule has 0 aromatic heterocycles. The summed E-state index contributed by atoms with van der Waals surface area (Å²) < 4.78 is 5.04. The van der Waals surface area contributed by atoms with E-state index in [1.165, 1.54) is 0 Å². The van der Waals surface area contributed by atoms with Gasteiger partial charge in [-0.1, -0.05) is 30.3 Å². The zero-order chi connectivity index (χ0) is 9.26. The molecule has 5 heteroatoms. The van der Waals surface area contributed by atoms with Gasteiger partial charge in [-0.15, -0.1) is 0 Å². The van der Waals surface area contributed by atoms with E-state index >= 15 is 0 Å². The van der Waals surface area contributed by atoms with Gasteiger partial charge in [0.05, 0.1) is 0 Å². The second kappa shape index (κ2) is 4.59. The Kier molecular flexibility index (Phi) is 3.69. The number of hydrogen-bond donors (Lipinski definition) is 1. The fraction of sp³-hybridized carbons (Fsp3) is 0.111. The molecule has 0 saturated heterocycles. The topological polar surface area (TPSA) is 64.7 Å². The van der Waals surface area contributed by atoms with Crippen LogP contribution in [0.1, 0.15) is 11.7 Å². The van der Waals surface area contributed by atoms with E-state index in [-0.39, 0.29) is 41.5 Å². The van der Waals surface area contributed by atoms with E-state index in [0.29, 0.717) is 0 Å². The first-order chi connectivity index (χ1) is 6.27. The average Bonchev–Trinajstić information content (AvgIpc) is 2.47. The van der Waals surface area contributed by atoms with Crippen LogP contribution in [-0.2, 0) is 9.53 Å². The van der Waals surface area contributed by atoms with Crippen molar-refractivity contribution in [1.29, 1.82) is 0 Å². The summed E-state index contributed by atoms with van der Waals surface area (Å²) in [6, 6.07) is 9.08. The third-order valence-electron chi connectivity index (χ3n) is 1.79. The monoisotopic (exact) mass is 200 g/mol. The molecule has 1 aromatic carbocycles. The predicted molar refractivity (Wildman–Crippen MR) is 54.0 cm³/mol. The van der Waals surface area contributed by atoms with Gasteiger partial charge in [0.2, 0.25) is 6.10 Å². The predicted octanol–water partition coefficient (Wildman–Crippen LogP) is -0.0493. The van der Waals surface area contributed by atoms with Crippen molar-refractivity contribution in [2.24, 2.45) is 10.7 Å². The fourth-order valence-electron chi connectivity index (χ4n) is 1.20. The SMILES string of the molecule is NC1=NC(=O)C(c2ccccc2)O1.[NaH]. The van der Waals surface area contributed by atoms with Crippen molar-refractivity contribution < 1.29 is 9.53 Å². The number of hydrogen-bond acceptors (Lipinski definition) is 3. The zero-order valence-electron chi connectivity index (χ0n) is 6.81. The number of carbonyl (C=O) groups excluding carboxylic acids is 1. The van der Waals surface area contributed by atoms with Crippen LogP contribution in [0.2, 0.25) is 0 Å². The molecule has 68 valence electrons. The van der Waals surface area contributed by atoms with Crippen LogP contribution in [0, 0.1) is 0 Å². The quantitative estimate of drug-likeness (QED) is 0.646. The van der Waals surface area contributed by atoms with Gasteiger partial charge in [0.15, 0.2) is 0 Å². The normalized spacial score (nSPS) is 19.6. The van der Waals surface area contributed by atoms with Crippen molar-refractivity contribution in [2.45, 2.75) is 6.10 Å². The summed E-state index contributed by atoms with van der Waals surface area (Å²) in [4.78, 5) is 14.7. The van der Waals surface area contributed by atoms with E-state index in [9.17, 15) is 4.79 Å². The molecule has 2 N–H and O–H groups in total. The van der Waals surface area contributed by atoms with Gasteiger partial charge in [-0.25, -0.2) is 0 Å². The van der Waals surface area contributed by atoms with Gasteiger partial charge in [-0.2, -0.15) is 4.99 Å². The van der Waals surface area contributed by atoms with E-state index in [1.807, 2.05) is 18.2 Å². The molecule has 0 spiro atoms. The third kappa shape index (κ3) is 2.15. The molecular formula is C9H9N2NaO2. The Morgan fingerprint density at radius 2 is 1.93 bits per heavy atom. The van der Waals surface area contributed by atoms with E-state index in [0.717, 1.165) is 5.56 Å². The second-order valence-electron chi connectivity index (χ2n) is 2.70. The number of ether oxygens (including phenoxy) is 1. The van der Waals surface area contributed by atoms with Crippen LogP contribution in [-0.4, -0.2) is 41.5 Å². The first-order valence-corrected chi connectivity index (χ1v) is 3.87. The first kappa shape index (κ1) is 11.2. The summed E-state index contributed by atoms with van der Waals surface area (Å²) in [5.74, 6) is -0.344. The summed E-state index contributed by atoms with van der Waals surface area (Å²) in [5, 5.41) is 0. The van der Waals surface area contributed by atoms with Crippen molar-refractivity contribution in [3.63, 3.8) is 0 Å². The number of carbonyl (C=O) groups is 1. The van der Waals surface area contributed by atoms with Gasteiger partial charge in [0, 0.05) is 5.56 Å². The number of benzene rings is 1. The minimum absolute atomic E-state index is 0. The summed E-state index contributed by atoms with van der Waals surface area (Å²) in [6.45, 7) is 0. The van der Waals surface area contributed by atoms with Crippen molar-refractivity contribution in [1.82, 2.24) is 0 Å². The molecule has 1 heterocycles. The summed E-state index contributed by atoms with van der Waals surface area (Å²) in [7, 11) is 0. The Morgan fingerprint density at radius 3 is 2.43 bits per heavy atom. The molecule has 0 saturated carbocycles. The van der Waals surface area contributed by atoms with Crippen molar-refractivity contribution in [3.8, 4) is 0 Å². The van der Waals surface area contributed by atoms with Crippen LogP contribution >= 0.6 is 0 Å². The van der Waals surface area contributed by atoms with Gasteiger partial charge in [0.25, 0.3) is 11.9 Å². The molecule has 1 aromatic rings. The van der Waals surface area contributed by atoms with Crippen LogP contribution in [0.25, 0.3) is 0 Å². The molecule has 4 nitrogen and oxygen atoms in total. The molecule has 1 amide bonds. The molecule has 0 fully saturated rings. The van der Waals surface area contributed by atoms with E-state index in [2.05, 4.69) is 4.99 Å². The number of amides is 1. The van der Waals surface area contributed by atoms with Gasteiger partial charge in [-0.05, 0) is 0 Å². The zero-order valence-corrected chi connectivity index (χ0v) is 6.81. The van der Waals surface area contributed by atoms with Gasteiger partial charge >= 0.3 is 29.6 Å². The Balaban J connectivity index is 0.000000980. The molecular weight excluding hydrogens is 191 g/mol. The maximum absolute atomic E-state index is 11.2. The van der Waals surface area contributed by atoms with Gasteiger partial charge in [-0.3, -0.25) is 4.79 Å². The number of nitrogens with two attached hydrogens (primary N) is 1. The Bertz CT molecular complexity index is 364. The molecule has 2 rings (SSSR count). The van der Waals surface area contributed by atoms with E-state index in [1.54, 1.807) is 12.1 Å². The van der Waals surface area contributed by atoms with Crippen LogP contribution in [0.3, 0.4) is 0 Å². The summed E-state index contributed by atoms with van der Waals surface area (Å²) in [5.41, 5.74) is 6.03. The van der Waals surface area contributed by atoms with Crippen molar-refractivity contribution in [3.05, 3.63) is 35.9 Å². The van der Waals surface area contributed by atoms with Crippen LogP contribution < -0.4 is 5.73 Å². The standard InChI is InChI=1S/C9H8N2O2.Na.H/c10-9-11-8(12)7(13-9)6-4-2-1-3-5-6;;/h1-5,7H,(H2,10,11,12);;. The first-order valence-electron chi connectivity index (χ1n) is 3.87. The Morgan fingerprint density at radius 1 is 1.29 bits per heavy atom. The molecule has 14 heavy (non-hydrogen) atoms. The van der Waals surface area contributed by atoms with Crippen molar-refractivity contribution >= 4 is 41.5 Å². The van der Waals surface area contributed by atoms with Crippen LogP contribution in [0.4, 0.5) is 0 Å². The van der Waals surface area contributed by atoms with Crippen LogP contribution in [0.15, 0.2) is 35.3 Å². The van der Waals surface area contributed by atoms with Gasteiger partial charge < -0.3 is 10.5 Å².